The summed E-state index contributed by atoms with van der Waals surface area (Å²) in [7, 11) is 0. The van der Waals surface area contributed by atoms with Crippen LogP contribution >= 0.6 is 22.9 Å². The molecule has 226 valence electrons. The Balaban J connectivity index is 0.00000588. The molecule has 0 fully saturated rings. The molecule has 0 atom stereocenters. The van der Waals surface area contributed by atoms with E-state index in [1.807, 2.05) is 41.3 Å². The number of rotatable bonds is 19. The van der Waals surface area contributed by atoms with Gasteiger partial charge in [0.1, 0.15) is 5.75 Å². The van der Waals surface area contributed by atoms with Crippen molar-refractivity contribution in [3.05, 3.63) is 75.2 Å². The Bertz CT molecular complexity index is 1170. The first-order valence-electron chi connectivity index (χ1n) is 15.2. The third-order valence-electron chi connectivity index (χ3n) is 7.33. The van der Waals surface area contributed by atoms with Crippen LogP contribution in [-0.2, 0) is 17.9 Å². The minimum atomic E-state index is 0. The third-order valence-corrected chi connectivity index (χ3v) is 8.48. The lowest BCUT2D eigenvalue weighted by atomic mass is 10.1. The summed E-state index contributed by atoms with van der Waals surface area (Å²) in [5.41, 5.74) is 5.12. The van der Waals surface area contributed by atoms with Crippen LogP contribution in [-0.4, -0.2) is 12.5 Å². The Morgan fingerprint density at radius 1 is 0.927 bits per heavy atom. The summed E-state index contributed by atoms with van der Waals surface area (Å²) < 4.78 is 8.16. The highest BCUT2D eigenvalue weighted by atomic mass is 79.9. The normalized spacial score (nSPS) is 10.8. The molecule has 0 spiro atoms. The molecule has 3 aromatic rings. The maximum Gasteiger partial charge on any atom is 0.225 e. The van der Waals surface area contributed by atoms with E-state index in [2.05, 4.69) is 36.2 Å². The summed E-state index contributed by atoms with van der Waals surface area (Å²) in [5.74, 6) is 0.717. The van der Waals surface area contributed by atoms with Crippen LogP contribution in [0.4, 0.5) is 5.69 Å². The Morgan fingerprint density at radius 3 is 2.15 bits per heavy atom. The van der Waals surface area contributed by atoms with Crippen LogP contribution in [0, 0.1) is 6.92 Å². The number of halogens is 2. The van der Waals surface area contributed by atoms with Gasteiger partial charge in [-0.2, -0.15) is 4.57 Å². The second-order valence-electron chi connectivity index (χ2n) is 10.9. The number of para-hydroxylation sites is 1. The van der Waals surface area contributed by atoms with Gasteiger partial charge in [-0.1, -0.05) is 125 Å². The Hall–Kier alpha value is -1.89. The molecule has 2 aromatic carbocycles. The van der Waals surface area contributed by atoms with Crippen LogP contribution in [0.3, 0.4) is 0 Å². The van der Waals surface area contributed by atoms with Gasteiger partial charge < -0.3 is 26.6 Å². The lowest BCUT2D eigenvalue weighted by Crippen LogP contribution is -3.00. The quantitative estimate of drug-likeness (QED) is 0.106. The molecule has 7 heteroatoms. The van der Waals surface area contributed by atoms with E-state index in [0.29, 0.717) is 23.9 Å². The van der Waals surface area contributed by atoms with Crippen molar-refractivity contribution in [2.75, 3.05) is 11.5 Å². The zero-order chi connectivity index (χ0) is 28.6. The first-order valence-corrected chi connectivity index (χ1v) is 16.4. The largest absolute Gasteiger partial charge is 1.00 e. The van der Waals surface area contributed by atoms with Gasteiger partial charge in [-0.05, 0) is 37.1 Å². The molecule has 0 aliphatic heterocycles. The molecule has 0 aliphatic carbocycles. The van der Waals surface area contributed by atoms with Crippen molar-refractivity contribution >= 4 is 34.5 Å². The molecule has 0 radical (unpaired) electrons. The number of thiazole rings is 1. The van der Waals surface area contributed by atoms with Crippen molar-refractivity contribution < 1.29 is 31.1 Å². The van der Waals surface area contributed by atoms with Crippen molar-refractivity contribution in [1.82, 2.24) is 0 Å². The average molecular weight is 664 g/mol. The summed E-state index contributed by atoms with van der Waals surface area (Å²) in [6, 6.07) is 14.0. The Labute approximate surface area is 267 Å². The lowest BCUT2D eigenvalue weighted by Gasteiger charge is -2.23. The number of hydrogen-bond acceptors (Lipinski definition) is 3. The number of nitrogens with zero attached hydrogens (tertiary/aromatic N) is 2. The van der Waals surface area contributed by atoms with E-state index in [9.17, 15) is 4.79 Å². The van der Waals surface area contributed by atoms with Gasteiger partial charge in [0.15, 0.2) is 12.7 Å². The summed E-state index contributed by atoms with van der Waals surface area (Å²) in [6.45, 7) is 7.85. The molecule has 1 aromatic heterocycles. The number of aryl methyl sites for hydroxylation is 1. The first kappa shape index (κ1) is 35.3. The van der Waals surface area contributed by atoms with Gasteiger partial charge in [0.25, 0.3) is 0 Å². The van der Waals surface area contributed by atoms with Gasteiger partial charge >= 0.3 is 0 Å². The fourth-order valence-electron chi connectivity index (χ4n) is 5.07. The van der Waals surface area contributed by atoms with E-state index in [1.54, 1.807) is 18.3 Å². The van der Waals surface area contributed by atoms with Crippen molar-refractivity contribution in [1.29, 1.82) is 0 Å². The second-order valence-corrected chi connectivity index (χ2v) is 12.4. The average Bonchev–Trinajstić information content (AvgIpc) is 3.35. The minimum Gasteiger partial charge on any atom is -1.00 e. The number of amides is 1. The van der Waals surface area contributed by atoms with Crippen LogP contribution in [0.15, 0.2) is 54.2 Å². The van der Waals surface area contributed by atoms with Crippen LogP contribution in [0.5, 0.6) is 5.75 Å². The molecule has 0 unspecified atom stereocenters. The first-order chi connectivity index (χ1) is 19.5. The highest BCUT2D eigenvalue weighted by Crippen LogP contribution is 2.29. The molecule has 0 bridgehead atoms. The fourth-order valence-corrected chi connectivity index (χ4v) is 5.96. The third kappa shape index (κ3) is 12.9. The topological polar surface area (TPSA) is 33.4 Å². The van der Waals surface area contributed by atoms with Crippen LogP contribution < -0.4 is 31.2 Å². The maximum atomic E-state index is 12.7. The second kappa shape index (κ2) is 20.1. The van der Waals surface area contributed by atoms with E-state index in [-0.39, 0.29) is 22.9 Å². The van der Waals surface area contributed by atoms with Crippen molar-refractivity contribution in [2.45, 2.75) is 111 Å². The summed E-state index contributed by atoms with van der Waals surface area (Å²) in [4.78, 5) is 15.8. The standard InChI is InChI=1S/C34H48ClN2O2S.BrH/c1-4-5-6-7-8-9-10-11-12-13-14-17-22-39-34-21-20-30(23-32(34)35)25-37(29(3)38)33-19-16-15-18-31(33)26-36-24-28(2)40-27-36;/h15-16,18-21,23-24,27H,4-14,17,22,25-26H2,1-3H3;1H/q+1;/p-1. The molecule has 0 saturated heterocycles. The molecule has 41 heavy (non-hydrogen) atoms. The number of aromatic nitrogens is 1. The lowest BCUT2D eigenvalue weighted by molar-refractivity contribution is -0.683. The predicted molar refractivity (Wildman–Crippen MR) is 170 cm³/mol. The summed E-state index contributed by atoms with van der Waals surface area (Å²) in [6.07, 6.45) is 18.0. The molecule has 3 rings (SSSR count). The van der Waals surface area contributed by atoms with E-state index >= 15 is 0 Å². The molecule has 1 amide bonds. The Morgan fingerprint density at radius 2 is 1.56 bits per heavy atom. The highest BCUT2D eigenvalue weighted by Gasteiger charge is 2.19. The number of hydrogen-bond donors (Lipinski definition) is 0. The van der Waals surface area contributed by atoms with E-state index in [1.165, 1.54) is 75.5 Å². The maximum absolute atomic E-state index is 12.7. The molecule has 0 saturated carbocycles. The van der Waals surface area contributed by atoms with Gasteiger partial charge in [0.2, 0.25) is 11.4 Å². The fraction of sp³-hybridized carbons (Fsp3) is 0.529. The highest BCUT2D eigenvalue weighted by molar-refractivity contribution is 7.09. The van der Waals surface area contributed by atoms with Crippen molar-refractivity contribution in [2.24, 2.45) is 0 Å². The van der Waals surface area contributed by atoms with Crippen molar-refractivity contribution in [3.63, 3.8) is 0 Å². The van der Waals surface area contributed by atoms with E-state index in [0.717, 1.165) is 29.8 Å². The predicted octanol–water partition coefficient (Wildman–Crippen LogP) is 6.68. The van der Waals surface area contributed by atoms with Gasteiger partial charge in [-0.15, -0.1) is 0 Å². The van der Waals surface area contributed by atoms with Crippen LogP contribution in [0.1, 0.15) is 107 Å². The minimum absolute atomic E-state index is 0. The van der Waals surface area contributed by atoms with Crippen molar-refractivity contribution in [3.8, 4) is 5.75 Å². The number of anilines is 1. The smallest absolute Gasteiger partial charge is 0.225 e. The molecular weight excluding hydrogens is 616 g/mol. The van der Waals surface area contributed by atoms with Crippen LogP contribution in [0.25, 0.3) is 0 Å². The molecular formula is C34H48BrClN2O2S. The zero-order valence-electron chi connectivity index (χ0n) is 25.2. The Kier molecular flexibility index (Phi) is 17.3. The molecule has 1 heterocycles. The number of unbranched alkanes of at least 4 members (excludes halogenated alkanes) is 11. The van der Waals surface area contributed by atoms with Gasteiger partial charge in [0, 0.05) is 12.5 Å². The van der Waals surface area contributed by atoms with E-state index in [4.69, 9.17) is 16.3 Å². The van der Waals surface area contributed by atoms with Gasteiger partial charge in [-0.3, -0.25) is 4.79 Å². The van der Waals surface area contributed by atoms with Crippen LogP contribution in [0.2, 0.25) is 5.02 Å². The summed E-state index contributed by atoms with van der Waals surface area (Å²) in [5, 5.41) is 0.595. The number of carbonyl (C=O) groups excluding carboxylic acids is 1. The number of benzene rings is 2. The molecule has 0 aliphatic rings. The van der Waals surface area contributed by atoms with Gasteiger partial charge in [-0.25, -0.2) is 0 Å². The summed E-state index contributed by atoms with van der Waals surface area (Å²) >= 11 is 8.32. The molecule has 0 N–H and O–H groups in total. The monoisotopic (exact) mass is 662 g/mol. The zero-order valence-corrected chi connectivity index (χ0v) is 28.3. The van der Waals surface area contributed by atoms with E-state index < -0.39 is 0 Å². The SMILES string of the molecule is CCCCCCCCCCCCCCOc1ccc(CN(C(C)=O)c2ccccc2C[n+]2csc(C)c2)cc1Cl.[Br-]. The molecule has 4 nitrogen and oxygen atoms in total. The number of carbonyl (C=O) groups is 1. The van der Waals surface area contributed by atoms with Gasteiger partial charge in [0.05, 0.1) is 28.7 Å². The number of ether oxygens (including phenoxy) is 1.